The molecule has 9 nitrogen and oxygen atoms in total. The molecule has 0 unspecified atom stereocenters. The van der Waals surface area contributed by atoms with E-state index in [0.717, 1.165) is 16.8 Å². The lowest BCUT2D eigenvalue weighted by molar-refractivity contribution is -0.116. The number of ether oxygens (including phenoxy) is 2. The lowest BCUT2D eigenvalue weighted by Crippen LogP contribution is -2.26. The van der Waals surface area contributed by atoms with E-state index in [1.165, 1.54) is 10.7 Å². The maximum atomic E-state index is 12.6. The number of hydrogen-bond donors (Lipinski definition) is 2. The minimum atomic E-state index is -0.315. The average molecular weight is 409 g/mol. The average Bonchev–Trinajstić information content (AvgIpc) is 3.04. The molecule has 1 amide bonds. The molecule has 2 N–H and O–H groups in total. The van der Waals surface area contributed by atoms with Crippen molar-refractivity contribution in [3.05, 3.63) is 57.5 Å². The zero-order valence-electron chi connectivity index (χ0n) is 17.2. The molecule has 0 fully saturated rings. The Morgan fingerprint density at radius 1 is 1.20 bits per heavy atom. The lowest BCUT2D eigenvalue weighted by atomic mass is 9.85. The van der Waals surface area contributed by atoms with Gasteiger partial charge in [0, 0.05) is 29.5 Å². The first-order valence-electron chi connectivity index (χ1n) is 9.68. The summed E-state index contributed by atoms with van der Waals surface area (Å²) in [6.07, 6.45) is 0.186. The number of benzene rings is 1. The number of hydrogen-bond acceptors (Lipinski definition) is 6. The number of fused-ring (bicyclic) bond motifs is 1. The largest absolute Gasteiger partial charge is 0.493 e. The smallest absolute Gasteiger partial charge is 0.264 e. The zero-order valence-corrected chi connectivity index (χ0v) is 17.2. The van der Waals surface area contributed by atoms with Gasteiger partial charge in [0.05, 0.1) is 18.9 Å². The summed E-state index contributed by atoms with van der Waals surface area (Å²) in [5, 5.41) is 13.9. The fourth-order valence-electron chi connectivity index (χ4n) is 3.76. The van der Waals surface area contributed by atoms with Crippen molar-refractivity contribution in [1.82, 2.24) is 20.0 Å². The Hall–Kier alpha value is -3.62. The van der Waals surface area contributed by atoms with Crippen LogP contribution in [0.4, 0.5) is 5.82 Å². The van der Waals surface area contributed by atoms with Crippen LogP contribution in [0, 0.1) is 6.92 Å². The van der Waals surface area contributed by atoms with Gasteiger partial charge in [-0.15, -0.1) is 0 Å². The summed E-state index contributed by atoms with van der Waals surface area (Å²) >= 11 is 0. The number of aromatic nitrogens is 4. The summed E-state index contributed by atoms with van der Waals surface area (Å²) in [5.41, 5.74) is 2.17. The zero-order chi connectivity index (χ0) is 21.4. The van der Waals surface area contributed by atoms with E-state index in [1.807, 2.05) is 39.0 Å². The molecule has 156 valence electrons. The number of aromatic amines is 1. The molecule has 3 heterocycles. The van der Waals surface area contributed by atoms with Gasteiger partial charge in [0.15, 0.2) is 17.3 Å². The number of aryl methyl sites for hydroxylation is 1. The van der Waals surface area contributed by atoms with Crippen molar-refractivity contribution in [2.24, 2.45) is 0 Å². The Morgan fingerprint density at radius 3 is 2.67 bits per heavy atom. The third kappa shape index (κ3) is 3.42. The molecule has 3 aromatic rings. The van der Waals surface area contributed by atoms with Crippen LogP contribution in [-0.4, -0.2) is 39.1 Å². The van der Waals surface area contributed by atoms with Gasteiger partial charge in [0.1, 0.15) is 5.82 Å². The van der Waals surface area contributed by atoms with Crippen LogP contribution in [0.1, 0.15) is 43.0 Å². The van der Waals surface area contributed by atoms with Crippen molar-refractivity contribution in [3.63, 3.8) is 0 Å². The summed E-state index contributed by atoms with van der Waals surface area (Å²) < 4.78 is 13.1. The Kier molecular flexibility index (Phi) is 5.03. The quantitative estimate of drug-likeness (QED) is 0.670. The lowest BCUT2D eigenvalue weighted by Gasteiger charge is -2.27. The van der Waals surface area contributed by atoms with Crippen LogP contribution >= 0.6 is 0 Å². The summed E-state index contributed by atoms with van der Waals surface area (Å²) in [7, 11) is 1.59. The van der Waals surface area contributed by atoms with Gasteiger partial charge in [-0.3, -0.25) is 9.59 Å². The van der Waals surface area contributed by atoms with Crippen LogP contribution in [0.5, 0.6) is 11.5 Å². The van der Waals surface area contributed by atoms with Gasteiger partial charge in [-0.2, -0.15) is 14.9 Å². The Morgan fingerprint density at radius 2 is 2.00 bits per heavy atom. The van der Waals surface area contributed by atoms with E-state index in [2.05, 4.69) is 20.6 Å². The molecule has 9 heteroatoms. The van der Waals surface area contributed by atoms with Crippen molar-refractivity contribution >= 4 is 11.7 Å². The highest BCUT2D eigenvalue weighted by molar-refractivity contribution is 5.95. The maximum absolute atomic E-state index is 12.6. The third-order valence-corrected chi connectivity index (χ3v) is 4.94. The van der Waals surface area contributed by atoms with Gasteiger partial charge in [-0.05, 0) is 32.9 Å². The molecule has 30 heavy (non-hydrogen) atoms. The van der Waals surface area contributed by atoms with E-state index in [0.29, 0.717) is 23.1 Å². The standard InChI is InChI=1S/C21H23N5O4/c1-11(2)30-20-13(6-5-7-15(20)29-4)14-10-18(28)22-21-19(14)12(3)25-26(21)16-8-9-17(27)24-23-16/h5-9,11,14H,10H2,1-4H3,(H,22,28)(H,24,27)/t14-/m1/s1. The van der Waals surface area contributed by atoms with Crippen molar-refractivity contribution in [2.75, 3.05) is 12.4 Å². The highest BCUT2D eigenvalue weighted by Crippen LogP contribution is 2.45. The molecular formula is C21H23N5O4. The van der Waals surface area contributed by atoms with Crippen LogP contribution in [0.25, 0.3) is 5.82 Å². The molecular weight excluding hydrogens is 386 g/mol. The normalized spacial score (nSPS) is 15.6. The molecule has 0 aliphatic carbocycles. The van der Waals surface area contributed by atoms with Crippen molar-refractivity contribution in [1.29, 1.82) is 0 Å². The predicted molar refractivity (Wildman–Crippen MR) is 111 cm³/mol. The molecule has 0 saturated carbocycles. The van der Waals surface area contributed by atoms with Crippen LogP contribution < -0.4 is 20.3 Å². The van der Waals surface area contributed by atoms with Gasteiger partial charge in [0.2, 0.25) is 5.91 Å². The van der Waals surface area contributed by atoms with Gasteiger partial charge >= 0.3 is 0 Å². The minimum absolute atomic E-state index is 0.0638. The topological polar surface area (TPSA) is 111 Å². The molecule has 1 aliphatic rings. The Labute approximate surface area is 173 Å². The van der Waals surface area contributed by atoms with E-state index >= 15 is 0 Å². The maximum Gasteiger partial charge on any atom is 0.264 e. The molecule has 2 aromatic heterocycles. The highest BCUT2D eigenvalue weighted by atomic mass is 16.5. The number of nitrogens with zero attached hydrogens (tertiary/aromatic N) is 3. The first-order valence-corrected chi connectivity index (χ1v) is 9.68. The monoisotopic (exact) mass is 409 g/mol. The van der Waals surface area contributed by atoms with Gasteiger partial charge < -0.3 is 14.8 Å². The number of H-pyrrole nitrogens is 1. The molecule has 4 rings (SSSR count). The first-order chi connectivity index (χ1) is 14.4. The van der Waals surface area contributed by atoms with Crippen LogP contribution in [0.2, 0.25) is 0 Å². The number of amides is 1. The van der Waals surface area contributed by atoms with Gasteiger partial charge in [-0.1, -0.05) is 12.1 Å². The second kappa shape index (κ2) is 7.66. The fourth-order valence-corrected chi connectivity index (χ4v) is 3.76. The van der Waals surface area contributed by atoms with Crippen molar-refractivity contribution in [2.45, 2.75) is 39.2 Å². The molecule has 0 spiro atoms. The first kappa shape index (κ1) is 19.7. The van der Waals surface area contributed by atoms with E-state index in [4.69, 9.17) is 9.47 Å². The molecule has 0 bridgehead atoms. The van der Waals surface area contributed by atoms with Gasteiger partial charge in [-0.25, -0.2) is 5.10 Å². The number of carbonyl (C=O) groups excluding carboxylic acids is 1. The molecule has 0 radical (unpaired) electrons. The van der Waals surface area contributed by atoms with Gasteiger partial charge in [0.25, 0.3) is 5.56 Å². The molecule has 1 aliphatic heterocycles. The predicted octanol–water partition coefficient (Wildman–Crippen LogP) is 2.53. The number of methoxy groups -OCH3 is 1. The second-order valence-electron chi connectivity index (χ2n) is 7.39. The molecule has 1 aromatic carbocycles. The van der Waals surface area contributed by atoms with E-state index in [-0.39, 0.29) is 29.9 Å². The van der Waals surface area contributed by atoms with E-state index in [1.54, 1.807) is 13.2 Å². The summed E-state index contributed by atoms with van der Waals surface area (Å²) in [4.78, 5) is 24.0. The number of carbonyl (C=O) groups is 1. The third-order valence-electron chi connectivity index (χ3n) is 4.94. The summed E-state index contributed by atoms with van der Waals surface area (Å²) in [5.74, 6) is 1.76. The minimum Gasteiger partial charge on any atom is -0.493 e. The van der Waals surface area contributed by atoms with E-state index in [9.17, 15) is 9.59 Å². The summed E-state index contributed by atoms with van der Waals surface area (Å²) in [6.45, 7) is 5.77. The van der Waals surface area contributed by atoms with Crippen LogP contribution in [-0.2, 0) is 4.79 Å². The number of rotatable bonds is 5. The van der Waals surface area contributed by atoms with Crippen molar-refractivity contribution in [3.8, 4) is 17.3 Å². The Balaban J connectivity index is 1.89. The molecule has 1 atom stereocenters. The fraction of sp³-hybridized carbons (Fsp3) is 0.333. The SMILES string of the molecule is COc1cccc([C@H]2CC(=O)Nc3c2c(C)nn3-c2ccc(=O)[nH]n2)c1OC(C)C. The number of nitrogens with one attached hydrogen (secondary N) is 2. The van der Waals surface area contributed by atoms with Crippen molar-refractivity contribution < 1.29 is 14.3 Å². The van der Waals surface area contributed by atoms with Crippen LogP contribution in [0.15, 0.2) is 35.1 Å². The Bertz CT molecular complexity index is 1140. The number of anilines is 1. The van der Waals surface area contributed by atoms with E-state index < -0.39 is 0 Å². The van der Waals surface area contributed by atoms with Crippen LogP contribution in [0.3, 0.4) is 0 Å². The highest BCUT2D eigenvalue weighted by Gasteiger charge is 2.35. The molecule has 0 saturated heterocycles. The number of para-hydroxylation sites is 1. The summed E-state index contributed by atoms with van der Waals surface area (Å²) in [6, 6.07) is 8.59. The second-order valence-corrected chi connectivity index (χ2v) is 7.39.